The lowest BCUT2D eigenvalue weighted by atomic mass is 9.87. The summed E-state index contributed by atoms with van der Waals surface area (Å²) in [5.41, 5.74) is -1.08. The molecule has 0 radical (unpaired) electrons. The van der Waals surface area contributed by atoms with Crippen molar-refractivity contribution < 1.29 is 39.5 Å². The molecule has 2 unspecified atom stereocenters. The van der Waals surface area contributed by atoms with Gasteiger partial charge in [0, 0.05) is 0 Å². The number of methoxy groups -OCH3 is 1. The molecule has 1 aliphatic carbocycles. The largest absolute Gasteiger partial charge is 0.494 e. The van der Waals surface area contributed by atoms with Gasteiger partial charge in [0.2, 0.25) is 14.8 Å². The van der Waals surface area contributed by atoms with Gasteiger partial charge in [-0.3, -0.25) is 0 Å². The number of rotatable bonds is 3. The molecule has 0 bridgehead atoms. The lowest BCUT2D eigenvalue weighted by Crippen LogP contribution is -2.51. The zero-order chi connectivity index (χ0) is 18.4. The number of hydrogen-bond donors (Lipinski definition) is 1. The first-order valence-corrected chi connectivity index (χ1v) is 7.66. The zero-order valence-corrected chi connectivity index (χ0v) is 12.6. The Kier molecular flexibility index (Phi) is 4.44. The lowest BCUT2D eigenvalue weighted by molar-refractivity contribution is 0.219. The van der Waals surface area contributed by atoms with Crippen molar-refractivity contribution in [2.75, 3.05) is 7.11 Å². The fourth-order valence-corrected chi connectivity index (χ4v) is 3.56. The Balaban J connectivity index is 2.92. The van der Waals surface area contributed by atoms with E-state index < -0.39 is 61.4 Å². The van der Waals surface area contributed by atoms with Gasteiger partial charge in [-0.05, 0) is 17.7 Å². The molecule has 0 aromatic heterocycles. The maximum atomic E-state index is 14.3. The highest BCUT2D eigenvalue weighted by Gasteiger charge is 2.62. The van der Waals surface area contributed by atoms with Crippen LogP contribution >= 0.6 is 0 Å². The van der Waals surface area contributed by atoms with E-state index in [2.05, 4.69) is 4.74 Å². The number of nitrogens with two attached hydrogens (primary N) is 1. The number of alkyl halides is 1. The van der Waals surface area contributed by atoms with Crippen LogP contribution < -0.4 is 9.88 Å². The smallest absolute Gasteiger partial charge is 0.229 e. The van der Waals surface area contributed by atoms with Crippen molar-refractivity contribution >= 4 is 10.0 Å². The monoisotopic (exact) mass is 373 g/mol. The summed E-state index contributed by atoms with van der Waals surface area (Å²) in [5, 5.41) is 4.77. The van der Waals surface area contributed by atoms with E-state index in [0.29, 0.717) is 6.07 Å². The number of halogens is 6. The maximum absolute atomic E-state index is 14.3. The quantitative estimate of drug-likeness (QED) is 0.829. The average molecular weight is 373 g/mol. The summed E-state index contributed by atoms with van der Waals surface area (Å²) >= 11 is 0. The van der Waals surface area contributed by atoms with Crippen LogP contribution in [-0.4, -0.2) is 21.7 Å². The van der Waals surface area contributed by atoms with Gasteiger partial charge in [-0.15, -0.1) is 0 Å². The van der Waals surface area contributed by atoms with E-state index >= 15 is 0 Å². The molecule has 132 valence electrons. The van der Waals surface area contributed by atoms with E-state index in [4.69, 9.17) is 5.14 Å². The molecule has 1 aliphatic rings. The van der Waals surface area contributed by atoms with E-state index in [9.17, 15) is 34.8 Å². The molecule has 0 fully saturated rings. The molecule has 0 aliphatic heterocycles. The molecular weight excluding hydrogens is 364 g/mol. The van der Waals surface area contributed by atoms with E-state index in [1.807, 2.05) is 0 Å². The first-order chi connectivity index (χ1) is 11.0. The van der Waals surface area contributed by atoms with Crippen LogP contribution in [0.15, 0.2) is 41.5 Å². The topological polar surface area (TPSA) is 69.4 Å². The lowest BCUT2D eigenvalue weighted by Gasteiger charge is -2.35. The van der Waals surface area contributed by atoms with E-state index in [1.165, 1.54) is 0 Å². The second kappa shape index (κ2) is 5.81. The molecule has 1 aromatic carbocycles. The molecule has 24 heavy (non-hydrogen) atoms. The second-order valence-electron chi connectivity index (χ2n) is 4.78. The van der Waals surface area contributed by atoms with E-state index in [1.54, 1.807) is 0 Å². The van der Waals surface area contributed by atoms with Crippen LogP contribution in [0.4, 0.5) is 26.3 Å². The molecule has 0 saturated heterocycles. The molecule has 0 spiro atoms. The Hall–Kier alpha value is -2.01. The highest BCUT2D eigenvalue weighted by atomic mass is 32.2. The second-order valence-corrected chi connectivity index (χ2v) is 6.52. The van der Waals surface area contributed by atoms with Crippen molar-refractivity contribution in [3.8, 4) is 5.75 Å². The highest BCUT2D eigenvalue weighted by Crippen LogP contribution is 2.52. The molecule has 11 heteroatoms. The third kappa shape index (κ3) is 2.30. The Labute approximate surface area is 132 Å². The number of benzene rings is 1. The molecule has 2 atom stereocenters. The number of hydrogen-bond acceptors (Lipinski definition) is 3. The van der Waals surface area contributed by atoms with Crippen molar-refractivity contribution in [1.29, 1.82) is 0 Å². The van der Waals surface area contributed by atoms with Gasteiger partial charge in [-0.2, -0.15) is 0 Å². The van der Waals surface area contributed by atoms with Crippen LogP contribution in [0, 0.1) is 5.82 Å². The van der Waals surface area contributed by atoms with Gasteiger partial charge in [-0.1, -0.05) is 6.07 Å². The van der Waals surface area contributed by atoms with Gasteiger partial charge >= 0.3 is 0 Å². The van der Waals surface area contributed by atoms with Crippen LogP contribution in [0.2, 0.25) is 0 Å². The van der Waals surface area contributed by atoms with Gasteiger partial charge in [0.05, 0.1) is 7.11 Å². The number of sulfonamides is 1. The number of primary sulfonamides is 1. The molecular formula is C13H9F6NO3S. The van der Waals surface area contributed by atoms with Crippen LogP contribution in [0.25, 0.3) is 0 Å². The highest BCUT2D eigenvalue weighted by molar-refractivity contribution is 7.90. The third-order valence-electron chi connectivity index (χ3n) is 3.53. The third-order valence-corrected chi connectivity index (χ3v) is 5.05. The van der Waals surface area contributed by atoms with Crippen molar-refractivity contribution in [1.82, 2.24) is 0 Å². The Morgan fingerprint density at radius 2 is 1.71 bits per heavy atom. The molecule has 0 amide bonds. The minimum absolute atomic E-state index is 0.277. The molecule has 1 aromatic rings. The molecule has 0 saturated carbocycles. The molecule has 0 heterocycles. The molecule has 2 rings (SSSR count). The van der Waals surface area contributed by atoms with Crippen LogP contribution in [0.5, 0.6) is 5.75 Å². The fourth-order valence-electron chi connectivity index (χ4n) is 2.37. The van der Waals surface area contributed by atoms with Gasteiger partial charge < -0.3 is 4.74 Å². The minimum Gasteiger partial charge on any atom is -0.494 e. The van der Waals surface area contributed by atoms with Gasteiger partial charge in [-0.25, -0.2) is 39.9 Å². The first kappa shape index (κ1) is 18.3. The predicted octanol–water partition coefficient (Wildman–Crippen LogP) is 2.97. The van der Waals surface area contributed by atoms with Crippen molar-refractivity contribution in [2.24, 2.45) is 5.14 Å². The van der Waals surface area contributed by atoms with Crippen molar-refractivity contribution in [3.63, 3.8) is 0 Å². The normalized spacial score (nSPS) is 25.2. The van der Waals surface area contributed by atoms with E-state index in [-0.39, 0.29) is 6.07 Å². The Morgan fingerprint density at radius 3 is 2.17 bits per heavy atom. The van der Waals surface area contributed by atoms with E-state index in [0.717, 1.165) is 13.2 Å². The Bertz CT molecular complexity index is 866. The minimum atomic E-state index is -5.46. The molecule has 4 nitrogen and oxygen atoms in total. The van der Waals surface area contributed by atoms with Crippen molar-refractivity contribution in [3.05, 3.63) is 52.9 Å². The fraction of sp³-hybridized carbons (Fsp3) is 0.231. The predicted molar refractivity (Wildman–Crippen MR) is 71.1 cm³/mol. The van der Waals surface area contributed by atoms with Crippen LogP contribution in [0.1, 0.15) is 5.56 Å². The maximum Gasteiger partial charge on any atom is 0.229 e. The summed E-state index contributed by atoms with van der Waals surface area (Å²) in [6.07, 6.45) is -3.57. The summed E-state index contributed by atoms with van der Waals surface area (Å²) in [5.74, 6) is -11.9. The summed E-state index contributed by atoms with van der Waals surface area (Å²) < 4.78 is 107. The zero-order valence-electron chi connectivity index (χ0n) is 11.8. The number of allylic oxidation sites excluding steroid dienone is 3. The van der Waals surface area contributed by atoms with Gasteiger partial charge in [0.25, 0.3) is 0 Å². The van der Waals surface area contributed by atoms with Gasteiger partial charge in [0.15, 0.2) is 41.0 Å². The molecule has 2 N–H and O–H groups in total. The summed E-state index contributed by atoms with van der Waals surface area (Å²) in [6, 6.07) is 1.68. The van der Waals surface area contributed by atoms with Crippen molar-refractivity contribution in [2.45, 2.75) is 10.9 Å². The summed E-state index contributed by atoms with van der Waals surface area (Å²) in [7, 11) is -4.42. The van der Waals surface area contributed by atoms with Crippen LogP contribution in [-0.2, 0) is 14.8 Å². The number of ether oxygens (including phenoxy) is 1. The first-order valence-electron chi connectivity index (χ1n) is 6.11. The van der Waals surface area contributed by atoms with Gasteiger partial charge in [0.1, 0.15) is 0 Å². The SMILES string of the molecule is COc1ccc(C2(S(N)(=O)=O)C(F)=C(F)C(F)=C(F)C2F)cc1F. The summed E-state index contributed by atoms with van der Waals surface area (Å²) in [4.78, 5) is 0. The van der Waals surface area contributed by atoms with Crippen LogP contribution in [0.3, 0.4) is 0 Å². The standard InChI is InChI=1S/C13H9F6NO3S/c1-23-7-3-2-5(4-6(7)14)13(24(20,21)22)11(18)9(16)8(15)10(17)12(13)19/h2-4,11H,1H3,(H2,20,21,22). The Morgan fingerprint density at radius 1 is 1.12 bits per heavy atom. The summed E-state index contributed by atoms with van der Waals surface area (Å²) in [6.45, 7) is 0. The average Bonchev–Trinajstić information content (AvgIpc) is 2.50.